The van der Waals surface area contributed by atoms with Gasteiger partial charge < -0.3 is 18.7 Å². The number of carbonyl (C=O) groups is 1. The van der Waals surface area contributed by atoms with Crippen LogP contribution < -0.4 is 4.90 Å². The number of esters is 1. The SMILES string of the molecule is CCOP(=O)(OCC)C(N(OC(CN(C)c1ccccc1)C(=O)OC)C(C)(C)C)C(C)(C)C. The second-order valence-electron chi connectivity index (χ2n) is 9.94. The molecule has 8 nitrogen and oxygen atoms in total. The molecule has 0 aliphatic carbocycles. The summed E-state index contributed by atoms with van der Waals surface area (Å²) in [4.78, 5) is 21.1. The van der Waals surface area contributed by atoms with Crippen LogP contribution in [-0.2, 0) is 28.0 Å². The Morgan fingerprint density at radius 2 is 1.52 bits per heavy atom. The van der Waals surface area contributed by atoms with Crippen LogP contribution in [0.4, 0.5) is 5.69 Å². The van der Waals surface area contributed by atoms with Gasteiger partial charge in [0.15, 0.2) is 6.10 Å². The summed E-state index contributed by atoms with van der Waals surface area (Å²) in [6.07, 6.45) is -0.971. The second-order valence-corrected chi connectivity index (χ2v) is 12.0. The van der Waals surface area contributed by atoms with Gasteiger partial charge in [-0.2, -0.15) is 5.06 Å². The van der Waals surface area contributed by atoms with E-state index in [9.17, 15) is 9.36 Å². The molecule has 0 radical (unpaired) electrons. The molecule has 0 fully saturated rings. The Labute approximate surface area is 200 Å². The molecule has 0 bridgehead atoms. The minimum Gasteiger partial charge on any atom is -0.467 e. The number of rotatable bonds is 12. The van der Waals surface area contributed by atoms with E-state index in [1.807, 2.05) is 83.8 Å². The van der Waals surface area contributed by atoms with Crippen LogP contribution in [0.3, 0.4) is 0 Å². The van der Waals surface area contributed by atoms with Crippen LogP contribution in [0.1, 0.15) is 55.4 Å². The van der Waals surface area contributed by atoms with Gasteiger partial charge in [-0.15, -0.1) is 0 Å². The van der Waals surface area contributed by atoms with Gasteiger partial charge in [-0.3, -0.25) is 9.40 Å². The van der Waals surface area contributed by atoms with Gasteiger partial charge in [-0.05, 0) is 52.2 Å². The molecule has 0 amide bonds. The van der Waals surface area contributed by atoms with Gasteiger partial charge >= 0.3 is 13.6 Å². The Kier molecular flexibility index (Phi) is 11.0. The van der Waals surface area contributed by atoms with Crippen LogP contribution in [0.25, 0.3) is 0 Å². The summed E-state index contributed by atoms with van der Waals surface area (Å²) in [5.41, 5.74) is -0.280. The van der Waals surface area contributed by atoms with Crippen LogP contribution in [0.15, 0.2) is 30.3 Å². The maximum absolute atomic E-state index is 14.0. The summed E-state index contributed by atoms with van der Waals surface area (Å²) in [5.74, 6) is -1.30. The Bertz CT molecular complexity index is 765. The molecular weight excluding hydrogens is 443 g/mol. The minimum atomic E-state index is -3.66. The molecule has 0 aliphatic heterocycles. The van der Waals surface area contributed by atoms with Gasteiger partial charge in [-0.1, -0.05) is 39.0 Å². The molecule has 0 saturated carbocycles. The van der Waals surface area contributed by atoms with Crippen molar-refractivity contribution in [2.24, 2.45) is 5.41 Å². The third-order valence-corrected chi connectivity index (χ3v) is 7.74. The van der Waals surface area contributed by atoms with Crippen molar-refractivity contribution in [2.45, 2.75) is 72.8 Å². The number of hydrogen-bond acceptors (Lipinski definition) is 8. The zero-order valence-corrected chi connectivity index (χ0v) is 22.8. The molecule has 2 atom stereocenters. The van der Waals surface area contributed by atoms with Crippen molar-refractivity contribution in [3.05, 3.63) is 30.3 Å². The first-order valence-corrected chi connectivity index (χ1v) is 13.0. The summed E-state index contributed by atoms with van der Waals surface area (Å²) in [6.45, 7) is 15.9. The van der Waals surface area contributed by atoms with E-state index in [4.69, 9.17) is 18.6 Å². The molecular formula is C24H43N2O6P. The normalized spacial score (nSPS) is 14.8. The van der Waals surface area contributed by atoms with Crippen molar-refractivity contribution in [3.63, 3.8) is 0 Å². The van der Waals surface area contributed by atoms with E-state index in [2.05, 4.69) is 0 Å². The van der Waals surface area contributed by atoms with Crippen LogP contribution >= 0.6 is 7.60 Å². The van der Waals surface area contributed by atoms with Gasteiger partial charge in [0.2, 0.25) is 0 Å². The summed E-state index contributed by atoms with van der Waals surface area (Å²) in [6, 6.07) is 9.69. The zero-order chi connectivity index (χ0) is 25.4. The van der Waals surface area contributed by atoms with Crippen LogP contribution in [0.5, 0.6) is 0 Å². The number of benzene rings is 1. The van der Waals surface area contributed by atoms with Crippen molar-refractivity contribution in [3.8, 4) is 0 Å². The number of methoxy groups -OCH3 is 1. The number of ether oxygens (including phenoxy) is 1. The number of hydroxylamine groups is 2. The Balaban J connectivity index is 3.46. The molecule has 0 aromatic heterocycles. The minimum absolute atomic E-state index is 0.221. The average molecular weight is 487 g/mol. The van der Waals surface area contributed by atoms with Gasteiger partial charge in [0.25, 0.3) is 0 Å². The quantitative estimate of drug-likeness (QED) is 0.223. The first kappa shape index (κ1) is 29.6. The Morgan fingerprint density at radius 1 is 1.00 bits per heavy atom. The predicted octanol–water partition coefficient (Wildman–Crippen LogP) is 5.33. The molecule has 0 spiro atoms. The predicted molar refractivity (Wildman–Crippen MR) is 132 cm³/mol. The van der Waals surface area contributed by atoms with Crippen molar-refractivity contribution in [1.29, 1.82) is 0 Å². The maximum atomic E-state index is 14.0. The highest BCUT2D eigenvalue weighted by molar-refractivity contribution is 7.54. The highest BCUT2D eigenvalue weighted by Crippen LogP contribution is 2.60. The van der Waals surface area contributed by atoms with Crippen molar-refractivity contribution in [2.75, 3.05) is 38.8 Å². The topological polar surface area (TPSA) is 77.5 Å². The van der Waals surface area contributed by atoms with E-state index < -0.39 is 36.4 Å². The van der Waals surface area contributed by atoms with E-state index in [0.717, 1.165) is 5.69 Å². The fraction of sp³-hybridized carbons (Fsp3) is 0.708. The average Bonchev–Trinajstić information content (AvgIpc) is 2.71. The zero-order valence-electron chi connectivity index (χ0n) is 22.0. The third-order valence-electron chi connectivity index (χ3n) is 4.92. The fourth-order valence-corrected chi connectivity index (χ4v) is 6.21. The number of anilines is 1. The Hall–Kier alpha value is -1.44. The summed E-state index contributed by atoms with van der Waals surface area (Å²) in [5, 5.41) is 1.61. The van der Waals surface area contributed by atoms with E-state index in [1.54, 1.807) is 18.9 Å². The monoisotopic (exact) mass is 486 g/mol. The third kappa shape index (κ3) is 8.37. The number of carbonyl (C=O) groups excluding carboxylic acids is 1. The van der Waals surface area contributed by atoms with Gasteiger partial charge in [-0.25, -0.2) is 4.79 Å². The molecule has 1 rings (SSSR count). The first-order chi connectivity index (χ1) is 15.2. The second kappa shape index (κ2) is 12.3. The Morgan fingerprint density at radius 3 is 1.91 bits per heavy atom. The number of para-hydroxylation sites is 1. The molecule has 2 unspecified atom stereocenters. The molecule has 0 heterocycles. The summed E-state index contributed by atoms with van der Waals surface area (Å²) >= 11 is 0. The van der Waals surface area contributed by atoms with Gasteiger partial charge in [0, 0.05) is 18.3 Å². The van der Waals surface area contributed by atoms with E-state index >= 15 is 0 Å². The number of hydrogen-bond donors (Lipinski definition) is 0. The van der Waals surface area contributed by atoms with Crippen LogP contribution in [0.2, 0.25) is 0 Å². The molecule has 9 heteroatoms. The van der Waals surface area contributed by atoms with E-state index in [0.29, 0.717) is 0 Å². The smallest absolute Gasteiger partial charge is 0.350 e. The lowest BCUT2D eigenvalue weighted by Gasteiger charge is -2.48. The highest BCUT2D eigenvalue weighted by atomic mass is 31.2. The lowest BCUT2D eigenvalue weighted by molar-refractivity contribution is -0.264. The molecule has 1 aromatic carbocycles. The largest absolute Gasteiger partial charge is 0.467 e. The van der Waals surface area contributed by atoms with Gasteiger partial charge in [0.1, 0.15) is 5.78 Å². The molecule has 1 aromatic rings. The molecule has 0 aliphatic rings. The standard InChI is InChI=1S/C24H43N2O6P/c1-11-30-33(28,31-12-2)22(23(3,4)5)26(24(6,7)8)32-20(21(27)29-10)18-25(9)19-16-14-13-15-17-19/h13-17,20,22H,11-12,18H2,1-10H3. The lowest BCUT2D eigenvalue weighted by Crippen LogP contribution is -2.56. The highest BCUT2D eigenvalue weighted by Gasteiger charge is 2.52. The van der Waals surface area contributed by atoms with Crippen molar-refractivity contribution >= 4 is 19.3 Å². The molecule has 190 valence electrons. The summed E-state index contributed by atoms with van der Waals surface area (Å²) < 4.78 is 30.6. The van der Waals surface area contributed by atoms with E-state index in [1.165, 1.54) is 7.11 Å². The van der Waals surface area contributed by atoms with Crippen molar-refractivity contribution in [1.82, 2.24) is 5.06 Å². The first-order valence-electron chi connectivity index (χ1n) is 11.4. The molecule has 0 N–H and O–H groups in total. The maximum Gasteiger partial charge on any atom is 0.350 e. The van der Waals surface area contributed by atoms with Crippen LogP contribution in [0, 0.1) is 5.41 Å². The molecule has 33 heavy (non-hydrogen) atoms. The number of nitrogens with zero attached hydrogens (tertiary/aromatic N) is 2. The van der Waals surface area contributed by atoms with Gasteiger partial charge in [0.05, 0.1) is 26.9 Å². The van der Waals surface area contributed by atoms with E-state index in [-0.39, 0.29) is 19.8 Å². The number of likely N-dealkylation sites (N-methyl/N-ethyl adjacent to an activating group) is 1. The lowest BCUT2D eigenvalue weighted by atomic mass is 9.94. The molecule has 0 saturated heterocycles. The summed E-state index contributed by atoms with van der Waals surface area (Å²) in [7, 11) is -0.449. The van der Waals surface area contributed by atoms with Crippen molar-refractivity contribution < 1.29 is 28.0 Å². The fourth-order valence-electron chi connectivity index (χ4n) is 3.53. The van der Waals surface area contributed by atoms with Crippen LogP contribution in [-0.4, -0.2) is 62.4 Å².